The van der Waals surface area contributed by atoms with Crippen LogP contribution in [-0.2, 0) is 10.2 Å². The summed E-state index contributed by atoms with van der Waals surface area (Å²) in [7, 11) is 0. The Kier molecular flexibility index (Phi) is 4.56. The van der Waals surface area contributed by atoms with Crippen LogP contribution in [0.25, 0.3) is 10.9 Å². The maximum atomic E-state index is 13.2. The number of aromatic amines is 1. The van der Waals surface area contributed by atoms with Gasteiger partial charge in [-0.15, -0.1) is 0 Å². The van der Waals surface area contributed by atoms with Crippen LogP contribution in [0.5, 0.6) is 0 Å². The van der Waals surface area contributed by atoms with Gasteiger partial charge in [0.1, 0.15) is 11.9 Å². The molecule has 0 bridgehead atoms. The topological polar surface area (TPSA) is 135 Å². The van der Waals surface area contributed by atoms with E-state index in [2.05, 4.69) is 26.3 Å². The van der Waals surface area contributed by atoms with Gasteiger partial charge < -0.3 is 10.3 Å². The van der Waals surface area contributed by atoms with E-state index in [1.165, 1.54) is 12.4 Å². The summed E-state index contributed by atoms with van der Waals surface area (Å²) in [6, 6.07) is 8.78. The highest BCUT2D eigenvalue weighted by Gasteiger charge is 2.54. The molecule has 8 heteroatoms. The number of H-pyrrole nitrogens is 1. The van der Waals surface area contributed by atoms with Crippen LogP contribution in [-0.4, -0.2) is 20.9 Å². The highest BCUT2D eigenvalue weighted by atomic mass is 16.2. The molecular weight excluding hydrogens is 380 g/mol. The van der Waals surface area contributed by atoms with E-state index in [1.54, 1.807) is 32.0 Å². The number of nitriles is 2. The van der Waals surface area contributed by atoms with Gasteiger partial charge >= 0.3 is 0 Å². The summed E-state index contributed by atoms with van der Waals surface area (Å²) in [5, 5.41) is 21.9. The number of rotatable bonds is 4. The first-order valence-corrected chi connectivity index (χ1v) is 9.50. The largest absolute Gasteiger partial charge is 0.346 e. The van der Waals surface area contributed by atoms with Crippen LogP contribution in [0, 0.1) is 29.6 Å². The van der Waals surface area contributed by atoms with E-state index < -0.39 is 11.5 Å². The lowest BCUT2D eigenvalue weighted by Gasteiger charge is -2.21. The fourth-order valence-corrected chi connectivity index (χ4v) is 3.94. The van der Waals surface area contributed by atoms with Gasteiger partial charge in [-0.3, -0.25) is 9.59 Å². The number of carbonyl (C=O) groups excluding carboxylic acids is 1. The van der Waals surface area contributed by atoms with Crippen LogP contribution in [0.4, 0.5) is 0 Å². The number of hydrogen-bond donors (Lipinski definition) is 2. The molecule has 30 heavy (non-hydrogen) atoms. The van der Waals surface area contributed by atoms with Crippen LogP contribution in [0.3, 0.4) is 0 Å². The zero-order valence-corrected chi connectivity index (χ0v) is 16.5. The van der Waals surface area contributed by atoms with Crippen molar-refractivity contribution in [3.05, 3.63) is 69.0 Å². The second-order valence-electron chi connectivity index (χ2n) is 7.51. The minimum Gasteiger partial charge on any atom is -0.346 e. The molecule has 4 rings (SSSR count). The molecule has 3 aromatic rings. The standard InChI is InChI=1S/C22H18N6O2/c1-12-17-15(9-24)4-3-5-16(17)28-20(29)18(12)22(6-7-22)21(30)27-13(2)19-25-10-14(8-23)11-26-19/h3-5,10-11,13H,6-7H2,1-2H3,(H,27,30)(H,28,29)/t13-/m0/s1. The summed E-state index contributed by atoms with van der Waals surface area (Å²) in [6.45, 7) is 3.54. The van der Waals surface area contributed by atoms with E-state index in [9.17, 15) is 14.9 Å². The molecule has 2 aromatic heterocycles. The Bertz CT molecular complexity index is 1310. The Morgan fingerprint density at radius 3 is 2.53 bits per heavy atom. The molecule has 0 spiro atoms. The average Bonchev–Trinajstić information content (AvgIpc) is 3.54. The van der Waals surface area contributed by atoms with Crippen LogP contribution in [0.2, 0.25) is 0 Å². The summed E-state index contributed by atoms with van der Waals surface area (Å²) in [4.78, 5) is 37.2. The third-order valence-electron chi connectivity index (χ3n) is 5.61. The van der Waals surface area contributed by atoms with Gasteiger partial charge in [-0.2, -0.15) is 10.5 Å². The Labute approximate surface area is 172 Å². The van der Waals surface area contributed by atoms with Crippen LogP contribution in [0.1, 0.15) is 53.9 Å². The molecule has 0 saturated heterocycles. The molecule has 1 atom stereocenters. The fourth-order valence-electron chi connectivity index (χ4n) is 3.94. The first-order valence-electron chi connectivity index (χ1n) is 9.50. The van der Waals surface area contributed by atoms with Crippen molar-refractivity contribution in [3.8, 4) is 12.1 Å². The van der Waals surface area contributed by atoms with Gasteiger partial charge in [-0.05, 0) is 44.4 Å². The Balaban J connectivity index is 1.71. The highest BCUT2D eigenvalue weighted by molar-refractivity contribution is 5.95. The normalized spacial score (nSPS) is 15.1. The zero-order chi connectivity index (χ0) is 21.5. The molecule has 148 valence electrons. The molecule has 0 unspecified atom stereocenters. The Hall–Kier alpha value is -4.04. The summed E-state index contributed by atoms with van der Waals surface area (Å²) in [5.74, 6) is 0.111. The predicted molar refractivity (Wildman–Crippen MR) is 108 cm³/mol. The van der Waals surface area contributed by atoms with Gasteiger partial charge in [0.15, 0.2) is 0 Å². The molecule has 1 amide bonds. The Morgan fingerprint density at radius 2 is 1.93 bits per heavy atom. The van der Waals surface area contributed by atoms with E-state index in [0.29, 0.717) is 51.8 Å². The minimum atomic E-state index is -0.935. The number of hydrogen-bond acceptors (Lipinski definition) is 6. The number of nitrogens with one attached hydrogen (secondary N) is 2. The van der Waals surface area contributed by atoms with Gasteiger partial charge in [0.25, 0.3) is 5.56 Å². The monoisotopic (exact) mass is 398 g/mol. The van der Waals surface area contributed by atoms with E-state index >= 15 is 0 Å². The average molecular weight is 398 g/mol. The van der Waals surface area contributed by atoms with E-state index in [1.807, 2.05) is 6.07 Å². The molecular formula is C22H18N6O2. The number of amides is 1. The smallest absolute Gasteiger partial charge is 0.252 e. The number of carbonyl (C=O) groups is 1. The molecule has 1 aliphatic rings. The van der Waals surface area contributed by atoms with E-state index in [-0.39, 0.29) is 11.5 Å². The van der Waals surface area contributed by atoms with Crippen molar-refractivity contribution in [2.24, 2.45) is 0 Å². The maximum absolute atomic E-state index is 13.2. The molecule has 0 radical (unpaired) electrons. The lowest BCUT2D eigenvalue weighted by Crippen LogP contribution is -2.40. The zero-order valence-electron chi connectivity index (χ0n) is 16.5. The van der Waals surface area contributed by atoms with Crippen molar-refractivity contribution in [2.75, 3.05) is 0 Å². The van der Waals surface area contributed by atoms with Crippen molar-refractivity contribution in [2.45, 2.75) is 38.1 Å². The van der Waals surface area contributed by atoms with Crippen LogP contribution in [0.15, 0.2) is 35.4 Å². The van der Waals surface area contributed by atoms with Gasteiger partial charge in [-0.25, -0.2) is 9.97 Å². The lowest BCUT2D eigenvalue weighted by atomic mass is 9.89. The second kappa shape index (κ2) is 7.09. The molecule has 1 fully saturated rings. The van der Waals surface area contributed by atoms with Gasteiger partial charge in [0, 0.05) is 28.9 Å². The number of aryl methyl sites for hydroxylation is 1. The van der Waals surface area contributed by atoms with E-state index in [0.717, 1.165) is 0 Å². The van der Waals surface area contributed by atoms with Gasteiger partial charge in [0.05, 0.1) is 28.7 Å². The van der Waals surface area contributed by atoms with Crippen molar-refractivity contribution >= 4 is 16.8 Å². The summed E-state index contributed by atoms with van der Waals surface area (Å²) >= 11 is 0. The van der Waals surface area contributed by atoms with Crippen LogP contribution >= 0.6 is 0 Å². The molecule has 1 aromatic carbocycles. The molecule has 8 nitrogen and oxygen atoms in total. The van der Waals surface area contributed by atoms with Gasteiger partial charge in [-0.1, -0.05) is 6.07 Å². The number of fused-ring (bicyclic) bond motifs is 1. The minimum absolute atomic E-state index is 0.273. The maximum Gasteiger partial charge on any atom is 0.252 e. The third-order valence-corrected chi connectivity index (χ3v) is 5.61. The molecule has 0 aliphatic heterocycles. The number of aromatic nitrogens is 3. The quantitative estimate of drug-likeness (QED) is 0.692. The van der Waals surface area contributed by atoms with E-state index in [4.69, 9.17) is 5.26 Å². The second-order valence-corrected chi connectivity index (χ2v) is 7.51. The molecule has 2 N–H and O–H groups in total. The summed E-state index contributed by atoms with van der Waals surface area (Å²) < 4.78 is 0. The van der Waals surface area contributed by atoms with Gasteiger partial charge in [0.2, 0.25) is 5.91 Å². The first kappa shape index (κ1) is 19.3. The molecule has 2 heterocycles. The van der Waals surface area contributed by atoms with Crippen molar-refractivity contribution < 1.29 is 4.79 Å². The number of nitrogens with zero attached hydrogens (tertiary/aromatic N) is 4. The first-order chi connectivity index (χ1) is 14.4. The fraction of sp³-hybridized carbons (Fsp3) is 0.273. The van der Waals surface area contributed by atoms with Crippen molar-refractivity contribution in [1.29, 1.82) is 10.5 Å². The molecule has 1 saturated carbocycles. The highest BCUT2D eigenvalue weighted by Crippen LogP contribution is 2.49. The van der Waals surface area contributed by atoms with Crippen LogP contribution < -0.4 is 10.9 Å². The van der Waals surface area contributed by atoms with Crippen molar-refractivity contribution in [3.63, 3.8) is 0 Å². The van der Waals surface area contributed by atoms with Crippen molar-refractivity contribution in [1.82, 2.24) is 20.3 Å². The summed E-state index contributed by atoms with van der Waals surface area (Å²) in [5.41, 5.74) is 1.18. The molecule has 1 aliphatic carbocycles. The lowest BCUT2D eigenvalue weighted by molar-refractivity contribution is -0.124. The number of benzene rings is 1. The SMILES string of the molecule is Cc1c(C2(C(=O)N[C@@H](C)c3ncc(C#N)cn3)CC2)c(=O)[nH]c2cccc(C#N)c12. The summed E-state index contributed by atoms with van der Waals surface area (Å²) in [6.07, 6.45) is 3.90. The number of pyridine rings is 1. The third kappa shape index (κ3) is 2.99. The predicted octanol–water partition coefficient (Wildman–Crippen LogP) is 2.28. The Morgan fingerprint density at radius 1 is 1.23 bits per heavy atom.